The van der Waals surface area contributed by atoms with E-state index in [2.05, 4.69) is 5.32 Å². The van der Waals surface area contributed by atoms with Gasteiger partial charge in [0.25, 0.3) is 0 Å². The summed E-state index contributed by atoms with van der Waals surface area (Å²) in [6, 6.07) is 7.07. The highest BCUT2D eigenvalue weighted by atomic mass is 16.3. The molecule has 1 fully saturated rings. The third-order valence-electron chi connectivity index (χ3n) is 3.18. The number of nitrogens with one attached hydrogen (secondary N) is 1. The fourth-order valence-electron chi connectivity index (χ4n) is 1.92. The molecule has 0 heterocycles. The van der Waals surface area contributed by atoms with Gasteiger partial charge in [0.1, 0.15) is 6.04 Å². The maximum atomic E-state index is 11.8. The zero-order valence-corrected chi connectivity index (χ0v) is 9.89. The van der Waals surface area contributed by atoms with Gasteiger partial charge < -0.3 is 16.2 Å². The largest absolute Gasteiger partial charge is 0.393 e. The van der Waals surface area contributed by atoms with E-state index in [-0.39, 0.29) is 18.1 Å². The van der Waals surface area contributed by atoms with Crippen molar-refractivity contribution in [2.45, 2.75) is 38.0 Å². The van der Waals surface area contributed by atoms with Crippen molar-refractivity contribution in [2.75, 3.05) is 0 Å². The summed E-state index contributed by atoms with van der Waals surface area (Å²) in [4.78, 5) is 11.8. The minimum absolute atomic E-state index is 0.0778. The smallest absolute Gasteiger partial charge is 0.241 e. The Bertz CT molecular complexity index is 396. The van der Waals surface area contributed by atoms with Crippen molar-refractivity contribution in [3.05, 3.63) is 35.4 Å². The van der Waals surface area contributed by atoms with Gasteiger partial charge in [0, 0.05) is 6.04 Å². The molecule has 0 saturated heterocycles. The van der Waals surface area contributed by atoms with Gasteiger partial charge in [-0.2, -0.15) is 0 Å². The molecule has 1 aromatic rings. The average molecular weight is 234 g/mol. The lowest BCUT2D eigenvalue weighted by Gasteiger charge is -2.32. The second-order valence-corrected chi connectivity index (χ2v) is 4.72. The molecule has 17 heavy (non-hydrogen) atoms. The van der Waals surface area contributed by atoms with Crippen molar-refractivity contribution >= 4 is 5.91 Å². The first-order valence-corrected chi connectivity index (χ1v) is 5.87. The van der Waals surface area contributed by atoms with Crippen LogP contribution >= 0.6 is 0 Å². The van der Waals surface area contributed by atoms with E-state index in [1.54, 1.807) is 0 Å². The van der Waals surface area contributed by atoms with E-state index in [1.165, 1.54) is 0 Å². The molecule has 0 spiro atoms. The van der Waals surface area contributed by atoms with E-state index in [1.807, 2.05) is 31.2 Å². The molecular weight excluding hydrogens is 216 g/mol. The molecule has 2 rings (SSSR count). The number of aliphatic hydroxyl groups excluding tert-OH is 1. The van der Waals surface area contributed by atoms with Crippen LogP contribution in [0.25, 0.3) is 0 Å². The van der Waals surface area contributed by atoms with Gasteiger partial charge in [0.2, 0.25) is 5.91 Å². The van der Waals surface area contributed by atoms with Crippen LogP contribution in [0.4, 0.5) is 0 Å². The van der Waals surface area contributed by atoms with Crippen molar-refractivity contribution < 1.29 is 9.90 Å². The SMILES string of the molecule is Cc1ccc(C(N)C(=O)NC2CC(O)C2)cc1. The lowest BCUT2D eigenvalue weighted by Crippen LogP contribution is -2.49. The van der Waals surface area contributed by atoms with Crippen LogP contribution in [0.2, 0.25) is 0 Å². The number of aliphatic hydroxyl groups is 1. The Morgan fingerprint density at radius 1 is 1.41 bits per heavy atom. The van der Waals surface area contributed by atoms with Crippen LogP contribution in [0.5, 0.6) is 0 Å². The highest BCUT2D eigenvalue weighted by Crippen LogP contribution is 2.20. The van der Waals surface area contributed by atoms with Gasteiger partial charge in [0.15, 0.2) is 0 Å². The van der Waals surface area contributed by atoms with Gasteiger partial charge in [-0.3, -0.25) is 4.79 Å². The molecule has 1 amide bonds. The Balaban J connectivity index is 1.92. The fourth-order valence-corrected chi connectivity index (χ4v) is 1.92. The van der Waals surface area contributed by atoms with Crippen LogP contribution in [0, 0.1) is 6.92 Å². The summed E-state index contributed by atoms with van der Waals surface area (Å²) in [5.41, 5.74) is 7.83. The normalized spacial score (nSPS) is 24.9. The number of amides is 1. The molecule has 1 unspecified atom stereocenters. The lowest BCUT2D eigenvalue weighted by molar-refractivity contribution is -0.124. The number of rotatable bonds is 3. The summed E-state index contributed by atoms with van der Waals surface area (Å²) in [6.07, 6.45) is 0.995. The molecule has 1 saturated carbocycles. The predicted octanol–water partition coefficient (Wildman–Crippen LogP) is 0.634. The topological polar surface area (TPSA) is 75.4 Å². The van der Waals surface area contributed by atoms with Crippen molar-refractivity contribution in [2.24, 2.45) is 5.73 Å². The first-order valence-electron chi connectivity index (χ1n) is 5.87. The third-order valence-corrected chi connectivity index (χ3v) is 3.18. The van der Waals surface area contributed by atoms with Crippen LogP contribution in [-0.2, 0) is 4.79 Å². The van der Waals surface area contributed by atoms with Gasteiger partial charge in [-0.1, -0.05) is 29.8 Å². The Labute approximate surface area is 101 Å². The summed E-state index contributed by atoms with van der Waals surface area (Å²) >= 11 is 0. The van der Waals surface area contributed by atoms with Crippen molar-refractivity contribution in [3.8, 4) is 0 Å². The molecule has 92 valence electrons. The molecule has 1 aliphatic carbocycles. The van der Waals surface area contributed by atoms with Crippen molar-refractivity contribution in [1.29, 1.82) is 0 Å². The number of carbonyl (C=O) groups is 1. The van der Waals surface area contributed by atoms with Crippen molar-refractivity contribution in [1.82, 2.24) is 5.32 Å². The van der Waals surface area contributed by atoms with Crippen LogP contribution in [0.15, 0.2) is 24.3 Å². The highest BCUT2D eigenvalue weighted by molar-refractivity contribution is 5.83. The van der Waals surface area contributed by atoms with E-state index < -0.39 is 6.04 Å². The van der Waals surface area contributed by atoms with E-state index in [4.69, 9.17) is 10.8 Å². The van der Waals surface area contributed by atoms with Crippen LogP contribution < -0.4 is 11.1 Å². The van der Waals surface area contributed by atoms with Gasteiger partial charge in [-0.25, -0.2) is 0 Å². The fraction of sp³-hybridized carbons (Fsp3) is 0.462. The predicted molar refractivity (Wildman–Crippen MR) is 65.3 cm³/mol. The molecule has 1 aliphatic rings. The number of hydrogen-bond acceptors (Lipinski definition) is 3. The minimum atomic E-state index is -0.631. The standard InChI is InChI=1S/C13H18N2O2/c1-8-2-4-9(5-3-8)12(14)13(17)15-10-6-11(16)7-10/h2-5,10-12,16H,6-7,14H2,1H3,(H,15,17). The zero-order chi connectivity index (χ0) is 12.4. The monoisotopic (exact) mass is 234 g/mol. The minimum Gasteiger partial charge on any atom is -0.393 e. The van der Waals surface area contributed by atoms with Crippen LogP contribution in [0.1, 0.15) is 30.0 Å². The second-order valence-electron chi connectivity index (χ2n) is 4.72. The van der Waals surface area contributed by atoms with Gasteiger partial charge in [-0.15, -0.1) is 0 Å². The Hall–Kier alpha value is -1.39. The number of benzene rings is 1. The molecule has 0 aromatic heterocycles. The number of nitrogens with two attached hydrogens (primary N) is 1. The maximum absolute atomic E-state index is 11.8. The van der Waals surface area contributed by atoms with Crippen molar-refractivity contribution in [3.63, 3.8) is 0 Å². The molecule has 1 aromatic carbocycles. The zero-order valence-electron chi connectivity index (χ0n) is 9.89. The Morgan fingerprint density at radius 3 is 2.53 bits per heavy atom. The molecule has 4 nitrogen and oxygen atoms in total. The molecule has 0 radical (unpaired) electrons. The summed E-state index contributed by atoms with van der Waals surface area (Å²) in [6.45, 7) is 1.99. The van der Waals surface area contributed by atoms with E-state index >= 15 is 0 Å². The number of carbonyl (C=O) groups excluding carboxylic acids is 1. The summed E-state index contributed by atoms with van der Waals surface area (Å²) in [7, 11) is 0. The molecule has 4 N–H and O–H groups in total. The summed E-state index contributed by atoms with van der Waals surface area (Å²) in [5, 5.41) is 12.0. The average Bonchev–Trinajstić information content (AvgIpc) is 2.27. The summed E-state index contributed by atoms with van der Waals surface area (Å²) < 4.78 is 0. The first kappa shape index (κ1) is 12.1. The van der Waals surface area contributed by atoms with E-state index in [0.717, 1.165) is 11.1 Å². The van der Waals surface area contributed by atoms with Crippen LogP contribution in [0.3, 0.4) is 0 Å². The van der Waals surface area contributed by atoms with E-state index in [0.29, 0.717) is 12.8 Å². The van der Waals surface area contributed by atoms with E-state index in [9.17, 15) is 4.79 Å². The molecular formula is C13H18N2O2. The molecule has 0 bridgehead atoms. The lowest BCUT2D eigenvalue weighted by atomic mass is 9.89. The number of aryl methyl sites for hydroxylation is 1. The second kappa shape index (κ2) is 4.85. The van der Waals surface area contributed by atoms with Gasteiger partial charge >= 0.3 is 0 Å². The molecule has 0 aliphatic heterocycles. The highest BCUT2D eigenvalue weighted by Gasteiger charge is 2.29. The maximum Gasteiger partial charge on any atom is 0.241 e. The molecule has 1 atom stereocenters. The van der Waals surface area contributed by atoms with Gasteiger partial charge in [-0.05, 0) is 25.3 Å². The Kier molecular flexibility index (Phi) is 3.45. The first-order chi connectivity index (χ1) is 8.06. The Morgan fingerprint density at radius 2 is 2.00 bits per heavy atom. The van der Waals surface area contributed by atoms with Gasteiger partial charge in [0.05, 0.1) is 6.10 Å². The third kappa shape index (κ3) is 2.84. The number of hydrogen-bond donors (Lipinski definition) is 3. The quantitative estimate of drug-likeness (QED) is 0.718. The molecule has 4 heteroatoms. The summed E-state index contributed by atoms with van der Waals surface area (Å²) in [5.74, 6) is -0.175. The van der Waals surface area contributed by atoms with Crippen LogP contribution in [-0.4, -0.2) is 23.2 Å².